The zero-order valence-corrected chi connectivity index (χ0v) is 34.2. The van der Waals surface area contributed by atoms with Crippen molar-refractivity contribution < 1.29 is 0 Å². The van der Waals surface area contributed by atoms with Gasteiger partial charge in [-0.05, 0) is 123 Å². The summed E-state index contributed by atoms with van der Waals surface area (Å²) in [5.74, 6) is 0.460. The lowest BCUT2D eigenvalue weighted by atomic mass is 9.91. The van der Waals surface area contributed by atoms with Gasteiger partial charge in [0.15, 0.2) is 0 Å². The summed E-state index contributed by atoms with van der Waals surface area (Å²) in [5, 5.41) is 5.00. The van der Waals surface area contributed by atoms with Crippen LogP contribution in [0, 0.1) is 0 Å². The Bertz CT molecular complexity index is 3520. The number of rotatable bonds is 7. The lowest BCUT2D eigenvalue weighted by molar-refractivity contribution is 0.854. The molecule has 1 aliphatic carbocycles. The lowest BCUT2D eigenvalue weighted by Gasteiger charge is -2.14. The number of nitrogens with zero attached hydrogens (tertiary/aromatic N) is 2. The Morgan fingerprint density at radius 2 is 0.774 bits per heavy atom. The fourth-order valence-electron chi connectivity index (χ4n) is 9.75. The molecule has 0 radical (unpaired) electrons. The molecule has 0 N–H and O–H groups in total. The molecule has 0 amide bonds. The van der Waals surface area contributed by atoms with Crippen LogP contribution in [-0.2, 0) is 0 Å². The third kappa shape index (κ3) is 6.19. The van der Waals surface area contributed by atoms with Gasteiger partial charge in [-0.25, -0.2) is 0 Å². The molecular formula is C60H42N2. The number of aromatic nitrogens is 2. The number of hydrogen-bond donors (Lipinski definition) is 0. The molecule has 292 valence electrons. The number of para-hydroxylation sites is 2. The highest BCUT2D eigenvalue weighted by Crippen LogP contribution is 2.39. The summed E-state index contributed by atoms with van der Waals surface area (Å²) in [4.78, 5) is 0. The molecule has 9 aromatic carbocycles. The van der Waals surface area contributed by atoms with Gasteiger partial charge in [0, 0.05) is 38.8 Å². The quantitative estimate of drug-likeness (QED) is 0.152. The number of allylic oxidation sites excluding steroid dienone is 4. The van der Waals surface area contributed by atoms with E-state index in [9.17, 15) is 0 Å². The first-order chi connectivity index (χ1) is 30.7. The highest BCUT2D eigenvalue weighted by atomic mass is 15.0. The van der Waals surface area contributed by atoms with Crippen molar-refractivity contribution in [3.8, 4) is 55.9 Å². The molecule has 62 heavy (non-hydrogen) atoms. The van der Waals surface area contributed by atoms with Crippen LogP contribution in [0.1, 0.15) is 17.9 Å². The predicted molar refractivity (Wildman–Crippen MR) is 263 cm³/mol. The second-order valence-electron chi connectivity index (χ2n) is 16.5. The minimum atomic E-state index is 0.460. The maximum Gasteiger partial charge on any atom is 0.0541 e. The van der Waals surface area contributed by atoms with Gasteiger partial charge in [0.1, 0.15) is 0 Å². The third-order valence-corrected chi connectivity index (χ3v) is 12.9. The van der Waals surface area contributed by atoms with Crippen molar-refractivity contribution in [1.82, 2.24) is 9.13 Å². The van der Waals surface area contributed by atoms with Gasteiger partial charge in [-0.2, -0.15) is 0 Å². The van der Waals surface area contributed by atoms with E-state index in [0.29, 0.717) is 5.92 Å². The Kier molecular flexibility index (Phi) is 8.67. The van der Waals surface area contributed by atoms with Gasteiger partial charge in [0.2, 0.25) is 0 Å². The molecule has 2 heteroatoms. The molecule has 1 unspecified atom stereocenters. The summed E-state index contributed by atoms with van der Waals surface area (Å²) in [5.41, 5.74) is 18.2. The molecular weight excluding hydrogens is 749 g/mol. The van der Waals surface area contributed by atoms with Crippen LogP contribution in [0.15, 0.2) is 237 Å². The minimum Gasteiger partial charge on any atom is -0.309 e. The van der Waals surface area contributed by atoms with Gasteiger partial charge in [-0.15, -0.1) is 0 Å². The highest BCUT2D eigenvalue weighted by molar-refractivity contribution is 6.12. The molecule has 0 saturated heterocycles. The average Bonchev–Trinajstić information content (AvgIpc) is 3.87. The van der Waals surface area contributed by atoms with Crippen molar-refractivity contribution in [2.75, 3.05) is 0 Å². The third-order valence-electron chi connectivity index (χ3n) is 12.9. The largest absolute Gasteiger partial charge is 0.309 e. The van der Waals surface area contributed by atoms with Gasteiger partial charge in [-0.3, -0.25) is 0 Å². The van der Waals surface area contributed by atoms with Crippen LogP contribution in [0.5, 0.6) is 0 Å². The number of fused-ring (bicyclic) bond motifs is 6. The van der Waals surface area contributed by atoms with Crippen molar-refractivity contribution in [2.24, 2.45) is 0 Å². The van der Waals surface area contributed by atoms with Gasteiger partial charge >= 0.3 is 0 Å². The van der Waals surface area contributed by atoms with Gasteiger partial charge in [0.25, 0.3) is 0 Å². The second kappa shape index (κ2) is 15.0. The molecule has 0 saturated carbocycles. The van der Waals surface area contributed by atoms with Crippen molar-refractivity contribution in [3.63, 3.8) is 0 Å². The summed E-state index contributed by atoms with van der Waals surface area (Å²) in [7, 11) is 0. The summed E-state index contributed by atoms with van der Waals surface area (Å²) < 4.78 is 4.82. The molecule has 2 heterocycles. The Hall–Kier alpha value is -7.94. The van der Waals surface area contributed by atoms with E-state index in [1.807, 2.05) is 0 Å². The fourth-order valence-corrected chi connectivity index (χ4v) is 9.75. The lowest BCUT2D eigenvalue weighted by Crippen LogP contribution is -1.95. The molecule has 1 aliphatic rings. The van der Waals surface area contributed by atoms with E-state index < -0.39 is 0 Å². The van der Waals surface area contributed by atoms with Gasteiger partial charge in [0.05, 0.1) is 22.1 Å². The molecule has 12 rings (SSSR count). The van der Waals surface area contributed by atoms with Crippen molar-refractivity contribution in [1.29, 1.82) is 0 Å². The maximum atomic E-state index is 2.41. The zero-order valence-electron chi connectivity index (χ0n) is 34.2. The summed E-state index contributed by atoms with van der Waals surface area (Å²) in [6, 6.07) is 78.1. The SMILES string of the molecule is C1=CCC(c2ccc(-c3cccc(-c4ccc(-n5c6ccccc6c6cc(-c7ccc8c(c7)c7ccccc7n8-c7cccc(-c8ccccc8)c7)ccc65)cc4)c3)cc2)C=C1. The molecule has 1 atom stereocenters. The molecule has 2 nitrogen and oxygen atoms in total. The Morgan fingerprint density at radius 1 is 0.306 bits per heavy atom. The first-order valence-electron chi connectivity index (χ1n) is 21.6. The van der Waals surface area contributed by atoms with E-state index in [-0.39, 0.29) is 0 Å². The normalized spacial score (nSPS) is 13.8. The van der Waals surface area contributed by atoms with Gasteiger partial charge in [-0.1, -0.05) is 170 Å². The van der Waals surface area contributed by atoms with E-state index in [0.717, 1.165) is 17.8 Å². The van der Waals surface area contributed by atoms with Crippen LogP contribution in [0.4, 0.5) is 0 Å². The molecule has 0 bridgehead atoms. The van der Waals surface area contributed by atoms with Crippen LogP contribution in [0.25, 0.3) is 99.5 Å². The Balaban J connectivity index is 0.887. The zero-order chi connectivity index (χ0) is 41.0. The van der Waals surface area contributed by atoms with Crippen molar-refractivity contribution >= 4 is 43.6 Å². The van der Waals surface area contributed by atoms with Crippen LogP contribution < -0.4 is 0 Å². The van der Waals surface area contributed by atoms with E-state index in [4.69, 9.17) is 0 Å². The standard InChI is InChI=1S/C60H42N2/c1-3-13-41(14-4-1)43-25-27-44(28-26-43)46-17-11-18-47(37-46)45-29-33-51(34-30-45)61-57-23-9-7-21-53(57)55-39-49(31-35-59(55)61)50-32-36-60-56(40-50)54-22-8-10-24-58(54)62(60)52-20-12-19-48(38-52)42-15-5-2-6-16-42/h1-13,15-41H,14H2. The smallest absolute Gasteiger partial charge is 0.0541 e. The van der Waals surface area contributed by atoms with Crippen LogP contribution in [0.2, 0.25) is 0 Å². The van der Waals surface area contributed by atoms with E-state index in [1.165, 1.54) is 93.7 Å². The monoisotopic (exact) mass is 790 g/mol. The topological polar surface area (TPSA) is 9.86 Å². The summed E-state index contributed by atoms with van der Waals surface area (Å²) in [6.45, 7) is 0. The fraction of sp³-hybridized carbons (Fsp3) is 0.0333. The van der Waals surface area contributed by atoms with E-state index >= 15 is 0 Å². The predicted octanol–water partition coefficient (Wildman–Crippen LogP) is 16.1. The summed E-state index contributed by atoms with van der Waals surface area (Å²) >= 11 is 0. The Labute approximate surface area is 361 Å². The Morgan fingerprint density at radius 3 is 1.39 bits per heavy atom. The number of hydrogen-bond acceptors (Lipinski definition) is 0. The average molecular weight is 791 g/mol. The summed E-state index contributed by atoms with van der Waals surface area (Å²) in [6.07, 6.45) is 9.90. The minimum absolute atomic E-state index is 0.460. The van der Waals surface area contributed by atoms with Gasteiger partial charge < -0.3 is 9.13 Å². The molecule has 0 spiro atoms. The van der Waals surface area contributed by atoms with Crippen molar-refractivity contribution in [2.45, 2.75) is 12.3 Å². The molecule has 0 aliphatic heterocycles. The van der Waals surface area contributed by atoms with E-state index in [2.05, 4.69) is 246 Å². The molecule has 11 aromatic rings. The molecule has 2 aromatic heterocycles. The van der Waals surface area contributed by atoms with E-state index in [1.54, 1.807) is 0 Å². The van der Waals surface area contributed by atoms with Crippen LogP contribution in [0.3, 0.4) is 0 Å². The van der Waals surface area contributed by atoms with Crippen molar-refractivity contribution in [3.05, 3.63) is 242 Å². The first-order valence-corrected chi connectivity index (χ1v) is 21.6. The maximum absolute atomic E-state index is 2.41. The highest BCUT2D eigenvalue weighted by Gasteiger charge is 2.17. The molecule has 0 fully saturated rings. The second-order valence-corrected chi connectivity index (χ2v) is 16.5. The van der Waals surface area contributed by atoms with Crippen LogP contribution in [-0.4, -0.2) is 9.13 Å². The van der Waals surface area contributed by atoms with Crippen LogP contribution >= 0.6 is 0 Å². The number of benzene rings is 9. The first kappa shape index (κ1) is 36.0.